The van der Waals surface area contributed by atoms with Crippen molar-refractivity contribution in [3.8, 4) is 0 Å². The molecule has 2 rings (SSSR count). The molecule has 0 unspecified atom stereocenters. The predicted octanol–water partition coefficient (Wildman–Crippen LogP) is 3.42. The summed E-state index contributed by atoms with van der Waals surface area (Å²) in [6.45, 7) is 6.10. The van der Waals surface area contributed by atoms with Gasteiger partial charge in [-0.3, -0.25) is 0 Å². The number of anilines is 1. The number of para-hydroxylation sites is 1. The van der Waals surface area contributed by atoms with E-state index in [0.717, 1.165) is 22.8 Å². The van der Waals surface area contributed by atoms with Gasteiger partial charge in [0.05, 0.1) is 10.7 Å². The fourth-order valence-electron chi connectivity index (χ4n) is 2.25. The fourth-order valence-corrected chi connectivity index (χ4v) is 2.55. The molecule has 0 aromatic heterocycles. The molecule has 94 valence electrons. The number of nitrogens with zero attached hydrogens (tertiary/aromatic N) is 1. The van der Waals surface area contributed by atoms with Crippen LogP contribution in [0.25, 0.3) is 0 Å². The lowest BCUT2D eigenvalue weighted by Gasteiger charge is -2.29. The Bertz CT molecular complexity index is 386. The standard InChI is InChI=1S/C14H21ClN2/c1-10(2)9-17(12-6-7-12)14-11(8-16)4-3-5-13(14)15/h3-5,10,12H,6-9,16H2,1-2H3. The van der Waals surface area contributed by atoms with Crippen molar-refractivity contribution in [3.05, 3.63) is 28.8 Å². The van der Waals surface area contributed by atoms with E-state index < -0.39 is 0 Å². The van der Waals surface area contributed by atoms with E-state index >= 15 is 0 Å². The van der Waals surface area contributed by atoms with Gasteiger partial charge in [0.15, 0.2) is 0 Å². The van der Waals surface area contributed by atoms with E-state index in [-0.39, 0.29) is 0 Å². The van der Waals surface area contributed by atoms with E-state index in [1.165, 1.54) is 12.8 Å². The molecule has 17 heavy (non-hydrogen) atoms. The zero-order chi connectivity index (χ0) is 12.4. The monoisotopic (exact) mass is 252 g/mol. The molecule has 0 atom stereocenters. The molecular weight excluding hydrogens is 232 g/mol. The minimum absolute atomic E-state index is 0.553. The Kier molecular flexibility index (Phi) is 3.95. The zero-order valence-electron chi connectivity index (χ0n) is 10.6. The normalized spacial score (nSPS) is 15.4. The van der Waals surface area contributed by atoms with E-state index in [0.29, 0.717) is 18.5 Å². The van der Waals surface area contributed by atoms with Gasteiger partial charge in [-0.05, 0) is 30.4 Å². The van der Waals surface area contributed by atoms with Crippen molar-refractivity contribution < 1.29 is 0 Å². The number of hydrogen-bond donors (Lipinski definition) is 1. The zero-order valence-corrected chi connectivity index (χ0v) is 11.4. The van der Waals surface area contributed by atoms with Crippen LogP contribution in [0.15, 0.2) is 18.2 Å². The first kappa shape index (κ1) is 12.7. The quantitative estimate of drug-likeness (QED) is 0.870. The van der Waals surface area contributed by atoms with Crippen LogP contribution in [0, 0.1) is 5.92 Å². The summed E-state index contributed by atoms with van der Waals surface area (Å²) in [5.74, 6) is 0.637. The Morgan fingerprint density at radius 1 is 1.41 bits per heavy atom. The Hall–Kier alpha value is -0.730. The lowest BCUT2D eigenvalue weighted by Crippen LogP contribution is -2.31. The van der Waals surface area contributed by atoms with Crippen LogP contribution in [0.2, 0.25) is 5.02 Å². The van der Waals surface area contributed by atoms with E-state index in [1.54, 1.807) is 0 Å². The number of benzene rings is 1. The Morgan fingerprint density at radius 2 is 2.12 bits per heavy atom. The summed E-state index contributed by atoms with van der Waals surface area (Å²) in [5, 5.41) is 0.834. The smallest absolute Gasteiger partial charge is 0.0643 e. The molecule has 1 aromatic rings. The molecule has 0 bridgehead atoms. The van der Waals surface area contributed by atoms with E-state index in [9.17, 15) is 0 Å². The lowest BCUT2D eigenvalue weighted by molar-refractivity contribution is 0.606. The van der Waals surface area contributed by atoms with Gasteiger partial charge in [0.1, 0.15) is 0 Å². The van der Waals surface area contributed by atoms with Crippen molar-refractivity contribution in [3.63, 3.8) is 0 Å². The molecule has 1 aliphatic carbocycles. The largest absolute Gasteiger partial charge is 0.367 e. The molecule has 2 nitrogen and oxygen atoms in total. The molecule has 3 heteroatoms. The second-order valence-electron chi connectivity index (χ2n) is 5.23. The van der Waals surface area contributed by atoms with Crippen LogP contribution in [0.1, 0.15) is 32.3 Å². The van der Waals surface area contributed by atoms with Crippen LogP contribution in [-0.2, 0) is 6.54 Å². The van der Waals surface area contributed by atoms with Crippen molar-refractivity contribution in [2.75, 3.05) is 11.4 Å². The Labute approximate surface area is 109 Å². The average Bonchev–Trinajstić information content (AvgIpc) is 3.09. The molecule has 1 fully saturated rings. The summed E-state index contributed by atoms with van der Waals surface area (Å²) in [6, 6.07) is 6.69. The van der Waals surface area contributed by atoms with Crippen LogP contribution < -0.4 is 10.6 Å². The van der Waals surface area contributed by atoms with Crippen molar-refractivity contribution in [1.82, 2.24) is 0 Å². The summed E-state index contributed by atoms with van der Waals surface area (Å²) >= 11 is 6.36. The molecule has 2 N–H and O–H groups in total. The summed E-state index contributed by atoms with van der Waals surface area (Å²) in [7, 11) is 0. The third-order valence-corrected chi connectivity index (χ3v) is 3.43. The maximum absolute atomic E-state index is 6.36. The van der Waals surface area contributed by atoms with Crippen LogP contribution in [0.4, 0.5) is 5.69 Å². The molecule has 0 radical (unpaired) electrons. The molecule has 1 aromatic carbocycles. The fraction of sp³-hybridized carbons (Fsp3) is 0.571. The third-order valence-electron chi connectivity index (χ3n) is 3.13. The summed E-state index contributed by atoms with van der Waals surface area (Å²) < 4.78 is 0. The molecule has 0 aliphatic heterocycles. The van der Waals surface area contributed by atoms with Crippen molar-refractivity contribution in [2.24, 2.45) is 11.7 Å². The molecular formula is C14H21ClN2. The van der Waals surface area contributed by atoms with Gasteiger partial charge in [0, 0.05) is 19.1 Å². The minimum Gasteiger partial charge on any atom is -0.367 e. The second kappa shape index (κ2) is 5.28. The highest BCUT2D eigenvalue weighted by atomic mass is 35.5. The highest BCUT2D eigenvalue weighted by molar-refractivity contribution is 6.33. The topological polar surface area (TPSA) is 29.3 Å². The van der Waals surface area contributed by atoms with Gasteiger partial charge in [-0.25, -0.2) is 0 Å². The second-order valence-corrected chi connectivity index (χ2v) is 5.64. The average molecular weight is 253 g/mol. The molecule has 0 amide bonds. The number of hydrogen-bond acceptors (Lipinski definition) is 2. The molecule has 0 heterocycles. The molecule has 0 saturated heterocycles. The highest BCUT2D eigenvalue weighted by Crippen LogP contribution is 2.38. The minimum atomic E-state index is 0.553. The van der Waals surface area contributed by atoms with Crippen LogP contribution in [0.5, 0.6) is 0 Å². The molecule has 0 spiro atoms. The van der Waals surface area contributed by atoms with E-state index in [1.807, 2.05) is 12.1 Å². The Balaban J connectivity index is 2.34. The van der Waals surface area contributed by atoms with E-state index in [2.05, 4.69) is 24.8 Å². The maximum Gasteiger partial charge on any atom is 0.0643 e. The lowest BCUT2D eigenvalue weighted by atomic mass is 10.1. The van der Waals surface area contributed by atoms with Gasteiger partial charge in [-0.1, -0.05) is 37.6 Å². The molecule has 1 aliphatic rings. The van der Waals surface area contributed by atoms with Gasteiger partial charge in [0.25, 0.3) is 0 Å². The number of halogens is 1. The van der Waals surface area contributed by atoms with Crippen molar-refractivity contribution in [2.45, 2.75) is 39.3 Å². The third kappa shape index (κ3) is 2.93. The van der Waals surface area contributed by atoms with Gasteiger partial charge in [-0.15, -0.1) is 0 Å². The first-order valence-electron chi connectivity index (χ1n) is 6.37. The number of nitrogens with two attached hydrogens (primary N) is 1. The van der Waals surface area contributed by atoms with Crippen LogP contribution in [0.3, 0.4) is 0 Å². The van der Waals surface area contributed by atoms with Crippen LogP contribution in [-0.4, -0.2) is 12.6 Å². The van der Waals surface area contributed by atoms with Crippen molar-refractivity contribution >= 4 is 17.3 Å². The van der Waals surface area contributed by atoms with Crippen LogP contribution >= 0.6 is 11.6 Å². The van der Waals surface area contributed by atoms with Gasteiger partial charge >= 0.3 is 0 Å². The van der Waals surface area contributed by atoms with Gasteiger partial charge in [-0.2, -0.15) is 0 Å². The highest BCUT2D eigenvalue weighted by Gasteiger charge is 2.31. The van der Waals surface area contributed by atoms with Crippen molar-refractivity contribution in [1.29, 1.82) is 0 Å². The van der Waals surface area contributed by atoms with Gasteiger partial charge in [0.2, 0.25) is 0 Å². The van der Waals surface area contributed by atoms with Gasteiger partial charge < -0.3 is 10.6 Å². The maximum atomic E-state index is 6.36. The summed E-state index contributed by atoms with van der Waals surface area (Å²) in [5.41, 5.74) is 8.14. The number of rotatable bonds is 5. The first-order valence-corrected chi connectivity index (χ1v) is 6.75. The summed E-state index contributed by atoms with van der Waals surface area (Å²) in [6.07, 6.45) is 2.56. The first-order chi connectivity index (χ1) is 8.13. The SMILES string of the molecule is CC(C)CN(c1c(Cl)cccc1CN)C1CC1. The summed E-state index contributed by atoms with van der Waals surface area (Å²) in [4.78, 5) is 2.45. The van der Waals surface area contributed by atoms with E-state index in [4.69, 9.17) is 17.3 Å². The molecule has 1 saturated carbocycles. The Morgan fingerprint density at radius 3 is 2.65 bits per heavy atom. The predicted molar refractivity (Wildman–Crippen MR) is 74.5 cm³/mol.